The highest BCUT2D eigenvalue weighted by Crippen LogP contribution is 2.15. The molecule has 0 radical (unpaired) electrons. The number of ether oxygens (including phenoxy) is 1. The molecule has 3 rings (SSSR count). The van der Waals surface area contributed by atoms with Gasteiger partial charge in [0, 0.05) is 23.2 Å². The summed E-state index contributed by atoms with van der Waals surface area (Å²) in [6.45, 7) is 3.15. The second-order valence-electron chi connectivity index (χ2n) is 6.68. The second-order valence-corrected chi connectivity index (χ2v) is 6.68. The third-order valence-corrected chi connectivity index (χ3v) is 4.38. The number of aryl methyl sites for hydroxylation is 1. The molecule has 154 valence electrons. The summed E-state index contributed by atoms with van der Waals surface area (Å²) in [4.78, 5) is 48.7. The number of Topliss-reactive ketones (excluding diaryl/α,β-unsaturated/α-hetero) is 1. The van der Waals surface area contributed by atoms with E-state index >= 15 is 0 Å². The van der Waals surface area contributed by atoms with Crippen LogP contribution in [0.25, 0.3) is 10.8 Å². The molecule has 0 aliphatic carbocycles. The van der Waals surface area contributed by atoms with Gasteiger partial charge in [-0.25, -0.2) is 9.48 Å². The molecule has 1 amide bonds. The average Bonchev–Trinajstić information content (AvgIpc) is 2.74. The van der Waals surface area contributed by atoms with E-state index < -0.39 is 18.5 Å². The molecule has 0 fully saturated rings. The smallest absolute Gasteiger partial charge is 0.359 e. The fourth-order valence-electron chi connectivity index (χ4n) is 2.96. The number of rotatable bonds is 7. The van der Waals surface area contributed by atoms with Crippen LogP contribution in [0.2, 0.25) is 0 Å². The molecule has 0 spiro atoms. The van der Waals surface area contributed by atoms with Crippen molar-refractivity contribution in [2.24, 2.45) is 0 Å². The van der Waals surface area contributed by atoms with Gasteiger partial charge < -0.3 is 10.1 Å². The normalized spacial score (nSPS) is 10.6. The molecule has 30 heavy (non-hydrogen) atoms. The maximum absolute atomic E-state index is 12.6. The maximum atomic E-state index is 12.6. The summed E-state index contributed by atoms with van der Waals surface area (Å²) < 4.78 is 6.35. The second kappa shape index (κ2) is 9.13. The summed E-state index contributed by atoms with van der Waals surface area (Å²) in [6, 6.07) is 13.1. The van der Waals surface area contributed by atoms with E-state index in [0.29, 0.717) is 35.0 Å². The van der Waals surface area contributed by atoms with Gasteiger partial charge in [-0.3, -0.25) is 14.4 Å². The predicted molar refractivity (Wildman–Crippen MR) is 112 cm³/mol. The lowest BCUT2D eigenvalue weighted by Gasteiger charge is -2.10. The number of esters is 1. The van der Waals surface area contributed by atoms with Crippen LogP contribution in [0.4, 0.5) is 5.69 Å². The van der Waals surface area contributed by atoms with Gasteiger partial charge in [0.25, 0.3) is 11.5 Å². The van der Waals surface area contributed by atoms with E-state index in [2.05, 4.69) is 10.4 Å². The minimum Gasteiger partial charge on any atom is -0.451 e. The molecule has 0 unspecified atom stereocenters. The molecule has 3 aromatic rings. The molecule has 1 heterocycles. The number of fused-ring (bicyclic) bond motifs is 1. The molecule has 0 saturated carbocycles. The number of aromatic nitrogens is 2. The van der Waals surface area contributed by atoms with Gasteiger partial charge in [0.1, 0.15) is 0 Å². The first-order chi connectivity index (χ1) is 14.4. The average molecular weight is 407 g/mol. The first-order valence-corrected chi connectivity index (χ1v) is 9.48. The number of amides is 1. The van der Waals surface area contributed by atoms with Gasteiger partial charge in [-0.15, -0.1) is 0 Å². The Bertz CT molecular complexity index is 1180. The van der Waals surface area contributed by atoms with Crippen LogP contribution in [-0.4, -0.2) is 34.0 Å². The number of hydrogen-bond donors (Lipinski definition) is 1. The summed E-state index contributed by atoms with van der Waals surface area (Å²) in [6.07, 6.45) is 0.668. The molecule has 0 saturated heterocycles. The Kier molecular flexibility index (Phi) is 6.36. The van der Waals surface area contributed by atoms with Crippen LogP contribution >= 0.6 is 0 Å². The number of carbonyl (C=O) groups is 3. The summed E-state index contributed by atoms with van der Waals surface area (Å²) in [5, 5.41) is 7.45. The van der Waals surface area contributed by atoms with E-state index in [1.165, 1.54) is 17.7 Å². The Morgan fingerprint density at radius 1 is 1.07 bits per heavy atom. The van der Waals surface area contributed by atoms with Crippen molar-refractivity contribution in [1.82, 2.24) is 9.78 Å². The van der Waals surface area contributed by atoms with Crippen molar-refractivity contribution >= 4 is 34.1 Å². The van der Waals surface area contributed by atoms with Crippen LogP contribution in [0, 0.1) is 0 Å². The predicted octanol–water partition coefficient (Wildman–Crippen LogP) is 2.80. The van der Waals surface area contributed by atoms with E-state index in [0.717, 1.165) is 0 Å². The third-order valence-electron chi connectivity index (χ3n) is 4.38. The van der Waals surface area contributed by atoms with Gasteiger partial charge in [-0.2, -0.15) is 5.10 Å². The van der Waals surface area contributed by atoms with Crippen LogP contribution in [0.15, 0.2) is 53.3 Å². The molecule has 8 nitrogen and oxygen atoms in total. The summed E-state index contributed by atoms with van der Waals surface area (Å²) in [5.41, 5.74) is 0.569. The van der Waals surface area contributed by atoms with Gasteiger partial charge in [0.2, 0.25) is 0 Å². The van der Waals surface area contributed by atoms with Gasteiger partial charge in [0.05, 0.1) is 5.39 Å². The van der Waals surface area contributed by atoms with Crippen molar-refractivity contribution in [1.29, 1.82) is 0 Å². The highest BCUT2D eigenvalue weighted by Gasteiger charge is 2.19. The zero-order chi connectivity index (χ0) is 21.7. The zero-order valence-corrected chi connectivity index (χ0v) is 16.7. The van der Waals surface area contributed by atoms with Crippen LogP contribution in [0.3, 0.4) is 0 Å². The van der Waals surface area contributed by atoms with E-state index in [4.69, 9.17) is 4.74 Å². The SMILES string of the molecule is CCCn1nc(C(=O)OCC(=O)Nc2cccc(C(C)=O)c2)c2ccccc2c1=O. The molecule has 1 N–H and O–H groups in total. The number of nitrogens with zero attached hydrogens (tertiary/aromatic N) is 2. The molecule has 0 atom stereocenters. The molecule has 1 aromatic heterocycles. The standard InChI is InChI=1S/C22H21N3O5/c1-3-11-25-21(28)18-10-5-4-9-17(18)20(24-25)22(29)30-13-19(27)23-16-8-6-7-15(12-16)14(2)26/h4-10,12H,3,11,13H2,1-2H3,(H,23,27). The summed E-state index contributed by atoms with van der Waals surface area (Å²) in [5.74, 6) is -1.49. The summed E-state index contributed by atoms with van der Waals surface area (Å²) >= 11 is 0. The van der Waals surface area contributed by atoms with Gasteiger partial charge >= 0.3 is 5.97 Å². The highest BCUT2D eigenvalue weighted by molar-refractivity contribution is 6.03. The Morgan fingerprint density at radius 2 is 1.80 bits per heavy atom. The van der Waals surface area contributed by atoms with E-state index in [1.807, 2.05) is 6.92 Å². The van der Waals surface area contributed by atoms with Crippen molar-refractivity contribution in [3.63, 3.8) is 0 Å². The number of nitrogens with one attached hydrogen (secondary N) is 1. The lowest BCUT2D eigenvalue weighted by Crippen LogP contribution is -2.27. The number of hydrogen-bond acceptors (Lipinski definition) is 6. The van der Waals surface area contributed by atoms with Crippen molar-refractivity contribution in [3.05, 3.63) is 70.1 Å². The Morgan fingerprint density at radius 3 is 2.50 bits per heavy atom. The quantitative estimate of drug-likeness (QED) is 0.477. The number of ketones is 1. The van der Waals surface area contributed by atoms with E-state index in [9.17, 15) is 19.2 Å². The molecular weight excluding hydrogens is 386 g/mol. The fraction of sp³-hybridized carbons (Fsp3) is 0.227. The minimum atomic E-state index is -0.802. The third kappa shape index (κ3) is 4.60. The highest BCUT2D eigenvalue weighted by atomic mass is 16.5. The molecule has 2 aromatic carbocycles. The largest absolute Gasteiger partial charge is 0.451 e. The van der Waals surface area contributed by atoms with Crippen molar-refractivity contribution < 1.29 is 19.1 Å². The molecule has 8 heteroatoms. The van der Waals surface area contributed by atoms with E-state index in [-0.39, 0.29) is 17.0 Å². The van der Waals surface area contributed by atoms with Crippen molar-refractivity contribution in [2.45, 2.75) is 26.8 Å². The monoisotopic (exact) mass is 407 g/mol. The Balaban J connectivity index is 1.76. The van der Waals surface area contributed by atoms with Crippen molar-refractivity contribution in [3.8, 4) is 0 Å². The Hall–Kier alpha value is -3.81. The topological polar surface area (TPSA) is 107 Å². The van der Waals surface area contributed by atoms with Gasteiger partial charge in [0.15, 0.2) is 18.1 Å². The minimum absolute atomic E-state index is 0.0231. The lowest BCUT2D eigenvalue weighted by atomic mass is 10.1. The summed E-state index contributed by atoms with van der Waals surface area (Å²) in [7, 11) is 0. The molecule has 0 aliphatic heterocycles. The first-order valence-electron chi connectivity index (χ1n) is 9.48. The van der Waals surface area contributed by atoms with Crippen LogP contribution in [0.1, 0.15) is 41.1 Å². The number of anilines is 1. The van der Waals surface area contributed by atoms with Crippen LogP contribution < -0.4 is 10.9 Å². The molecular formula is C22H21N3O5. The molecule has 0 bridgehead atoms. The van der Waals surface area contributed by atoms with Crippen LogP contribution in [0.5, 0.6) is 0 Å². The van der Waals surface area contributed by atoms with E-state index in [1.54, 1.807) is 42.5 Å². The van der Waals surface area contributed by atoms with Crippen LogP contribution in [-0.2, 0) is 16.1 Å². The Labute approximate surface area is 172 Å². The maximum Gasteiger partial charge on any atom is 0.359 e. The van der Waals surface area contributed by atoms with Crippen molar-refractivity contribution in [2.75, 3.05) is 11.9 Å². The van der Waals surface area contributed by atoms with Gasteiger partial charge in [-0.05, 0) is 31.5 Å². The lowest BCUT2D eigenvalue weighted by molar-refractivity contribution is -0.119. The first kappa shape index (κ1) is 20.9. The number of benzene rings is 2. The number of carbonyl (C=O) groups excluding carboxylic acids is 3. The fourth-order valence-corrected chi connectivity index (χ4v) is 2.96. The van der Waals surface area contributed by atoms with Gasteiger partial charge in [-0.1, -0.05) is 37.3 Å². The zero-order valence-electron chi connectivity index (χ0n) is 16.7. The molecule has 0 aliphatic rings.